The van der Waals surface area contributed by atoms with Crippen molar-refractivity contribution in [1.82, 2.24) is 4.90 Å². The van der Waals surface area contributed by atoms with Crippen molar-refractivity contribution in [2.45, 2.75) is 18.9 Å². The van der Waals surface area contributed by atoms with Gasteiger partial charge >= 0.3 is 0 Å². The normalized spacial score (nSPS) is 21.3. The SMILES string of the molecule is O=C1c2cccc3cccc(c23)C(=O)N1C[C@@H]1CCCO1. The minimum atomic E-state index is -0.209. The summed E-state index contributed by atoms with van der Waals surface area (Å²) >= 11 is 0. The third-order valence-electron chi connectivity index (χ3n) is 4.27. The number of ether oxygens (including phenoxy) is 1. The maximum absolute atomic E-state index is 12.7. The van der Waals surface area contributed by atoms with Crippen LogP contribution in [-0.2, 0) is 4.74 Å². The molecule has 0 bridgehead atoms. The zero-order valence-corrected chi connectivity index (χ0v) is 11.5. The molecule has 0 spiro atoms. The highest BCUT2D eigenvalue weighted by molar-refractivity contribution is 6.25. The molecule has 0 radical (unpaired) electrons. The molecular formula is C17H15NO3. The molecule has 2 aromatic carbocycles. The van der Waals surface area contributed by atoms with Crippen LogP contribution in [0.5, 0.6) is 0 Å². The number of hydrogen-bond acceptors (Lipinski definition) is 3. The second-order valence-corrected chi connectivity index (χ2v) is 5.57. The summed E-state index contributed by atoms with van der Waals surface area (Å²) in [5.41, 5.74) is 1.22. The van der Waals surface area contributed by atoms with E-state index in [-0.39, 0.29) is 17.9 Å². The fourth-order valence-electron chi connectivity index (χ4n) is 3.24. The predicted octanol–water partition coefficient (Wildman–Crippen LogP) is 2.61. The van der Waals surface area contributed by atoms with E-state index in [9.17, 15) is 9.59 Å². The zero-order chi connectivity index (χ0) is 14.4. The summed E-state index contributed by atoms with van der Waals surface area (Å²) in [4.78, 5) is 26.6. The third kappa shape index (κ3) is 1.87. The molecule has 4 heteroatoms. The first kappa shape index (κ1) is 12.5. The predicted molar refractivity (Wildman–Crippen MR) is 78.3 cm³/mol. The number of carbonyl (C=O) groups excluding carboxylic acids is 2. The Morgan fingerprint density at radius 3 is 2.29 bits per heavy atom. The molecule has 1 atom stereocenters. The number of imide groups is 1. The van der Waals surface area contributed by atoms with Crippen LogP contribution in [0.25, 0.3) is 10.8 Å². The lowest BCUT2D eigenvalue weighted by Gasteiger charge is -2.28. The molecule has 2 heterocycles. The molecule has 0 N–H and O–H groups in total. The molecular weight excluding hydrogens is 266 g/mol. The standard InChI is InChI=1S/C17H15NO3/c19-16-13-7-1-4-11-5-2-8-14(15(11)13)17(20)18(16)10-12-6-3-9-21-12/h1-2,4-5,7-8,12H,3,6,9-10H2/t12-/m0/s1. The van der Waals surface area contributed by atoms with Crippen molar-refractivity contribution in [2.24, 2.45) is 0 Å². The minimum Gasteiger partial charge on any atom is -0.376 e. The van der Waals surface area contributed by atoms with Gasteiger partial charge in [-0.1, -0.05) is 24.3 Å². The van der Waals surface area contributed by atoms with Gasteiger partial charge in [0.15, 0.2) is 0 Å². The quantitative estimate of drug-likeness (QED) is 0.795. The largest absolute Gasteiger partial charge is 0.376 e. The number of amides is 2. The Balaban J connectivity index is 1.81. The molecule has 106 valence electrons. The highest BCUT2D eigenvalue weighted by atomic mass is 16.5. The molecule has 1 fully saturated rings. The van der Waals surface area contributed by atoms with Gasteiger partial charge in [0.05, 0.1) is 12.6 Å². The van der Waals surface area contributed by atoms with Gasteiger partial charge in [0.1, 0.15) is 0 Å². The smallest absolute Gasteiger partial charge is 0.261 e. The van der Waals surface area contributed by atoms with E-state index in [4.69, 9.17) is 4.74 Å². The Bertz CT molecular complexity index is 696. The van der Waals surface area contributed by atoms with Crippen molar-refractivity contribution in [3.63, 3.8) is 0 Å². The van der Waals surface area contributed by atoms with E-state index >= 15 is 0 Å². The molecule has 2 aromatic rings. The minimum absolute atomic E-state index is 0.0256. The lowest BCUT2D eigenvalue weighted by atomic mass is 9.94. The van der Waals surface area contributed by atoms with E-state index in [2.05, 4.69) is 0 Å². The van der Waals surface area contributed by atoms with Crippen molar-refractivity contribution < 1.29 is 14.3 Å². The number of nitrogens with zero attached hydrogens (tertiary/aromatic N) is 1. The second kappa shape index (κ2) is 4.67. The summed E-state index contributed by atoms with van der Waals surface area (Å²) in [6.07, 6.45) is 1.87. The van der Waals surface area contributed by atoms with Gasteiger partial charge in [-0.15, -0.1) is 0 Å². The second-order valence-electron chi connectivity index (χ2n) is 5.57. The van der Waals surface area contributed by atoms with Gasteiger partial charge in [-0.25, -0.2) is 0 Å². The lowest BCUT2D eigenvalue weighted by Crippen LogP contribution is -2.44. The van der Waals surface area contributed by atoms with Crippen LogP contribution in [0.3, 0.4) is 0 Å². The summed E-state index contributed by atoms with van der Waals surface area (Å²) in [5.74, 6) is -0.417. The van der Waals surface area contributed by atoms with Gasteiger partial charge in [-0.3, -0.25) is 14.5 Å². The van der Waals surface area contributed by atoms with E-state index in [1.807, 2.05) is 24.3 Å². The van der Waals surface area contributed by atoms with Crippen LogP contribution >= 0.6 is 0 Å². The Kier molecular flexibility index (Phi) is 2.79. The topological polar surface area (TPSA) is 46.6 Å². The molecule has 0 saturated carbocycles. The summed E-state index contributed by atoms with van der Waals surface area (Å²) in [5, 5.41) is 1.71. The number of hydrogen-bond donors (Lipinski definition) is 0. The summed E-state index contributed by atoms with van der Waals surface area (Å²) in [7, 11) is 0. The third-order valence-corrected chi connectivity index (χ3v) is 4.27. The Morgan fingerprint density at radius 2 is 1.71 bits per heavy atom. The Morgan fingerprint density at radius 1 is 1.05 bits per heavy atom. The number of benzene rings is 2. The van der Waals surface area contributed by atoms with Crippen molar-refractivity contribution in [1.29, 1.82) is 0 Å². The molecule has 21 heavy (non-hydrogen) atoms. The van der Waals surface area contributed by atoms with E-state index in [1.165, 1.54) is 4.90 Å². The highest BCUT2D eigenvalue weighted by Crippen LogP contribution is 2.30. The zero-order valence-electron chi connectivity index (χ0n) is 11.5. The van der Waals surface area contributed by atoms with Gasteiger partial charge in [0.2, 0.25) is 0 Å². The van der Waals surface area contributed by atoms with E-state index in [1.54, 1.807) is 12.1 Å². The van der Waals surface area contributed by atoms with Crippen molar-refractivity contribution in [3.8, 4) is 0 Å². The Hall–Kier alpha value is -2.20. The van der Waals surface area contributed by atoms with Crippen LogP contribution in [0, 0.1) is 0 Å². The van der Waals surface area contributed by atoms with E-state index in [0.29, 0.717) is 24.3 Å². The van der Waals surface area contributed by atoms with Gasteiger partial charge in [-0.05, 0) is 30.4 Å². The summed E-state index contributed by atoms with van der Waals surface area (Å²) in [6.45, 7) is 1.06. The van der Waals surface area contributed by atoms with Crippen LogP contribution in [0.2, 0.25) is 0 Å². The van der Waals surface area contributed by atoms with Gasteiger partial charge in [-0.2, -0.15) is 0 Å². The van der Waals surface area contributed by atoms with E-state index in [0.717, 1.165) is 23.6 Å². The van der Waals surface area contributed by atoms with Crippen molar-refractivity contribution in [3.05, 3.63) is 47.5 Å². The fraction of sp³-hybridized carbons (Fsp3) is 0.294. The Labute approximate surface area is 122 Å². The van der Waals surface area contributed by atoms with Gasteiger partial charge in [0.25, 0.3) is 11.8 Å². The van der Waals surface area contributed by atoms with Crippen LogP contribution in [0.15, 0.2) is 36.4 Å². The molecule has 0 aliphatic carbocycles. The van der Waals surface area contributed by atoms with Gasteiger partial charge in [0, 0.05) is 23.1 Å². The average Bonchev–Trinajstić information content (AvgIpc) is 3.02. The highest BCUT2D eigenvalue weighted by Gasteiger charge is 2.34. The molecule has 2 amide bonds. The van der Waals surface area contributed by atoms with Crippen molar-refractivity contribution in [2.75, 3.05) is 13.2 Å². The monoisotopic (exact) mass is 281 g/mol. The molecule has 1 saturated heterocycles. The number of carbonyl (C=O) groups is 2. The molecule has 2 aliphatic rings. The van der Waals surface area contributed by atoms with Crippen molar-refractivity contribution >= 4 is 22.6 Å². The van der Waals surface area contributed by atoms with Crippen LogP contribution in [-0.4, -0.2) is 36.0 Å². The summed E-state index contributed by atoms with van der Waals surface area (Å²) in [6, 6.07) is 11.2. The first-order valence-corrected chi connectivity index (χ1v) is 7.25. The molecule has 2 aliphatic heterocycles. The first-order chi connectivity index (χ1) is 10.3. The lowest BCUT2D eigenvalue weighted by molar-refractivity contribution is 0.0437. The van der Waals surface area contributed by atoms with Crippen LogP contribution in [0.1, 0.15) is 33.6 Å². The first-order valence-electron chi connectivity index (χ1n) is 7.25. The summed E-state index contributed by atoms with van der Waals surface area (Å²) < 4.78 is 5.57. The van der Waals surface area contributed by atoms with Crippen LogP contribution < -0.4 is 0 Å². The van der Waals surface area contributed by atoms with Crippen LogP contribution in [0.4, 0.5) is 0 Å². The number of rotatable bonds is 2. The average molecular weight is 281 g/mol. The van der Waals surface area contributed by atoms with E-state index < -0.39 is 0 Å². The maximum Gasteiger partial charge on any atom is 0.261 e. The fourth-order valence-corrected chi connectivity index (χ4v) is 3.24. The molecule has 0 aromatic heterocycles. The molecule has 4 rings (SSSR count). The molecule has 4 nitrogen and oxygen atoms in total. The molecule has 0 unspecified atom stereocenters. The maximum atomic E-state index is 12.7. The van der Waals surface area contributed by atoms with Gasteiger partial charge < -0.3 is 4.74 Å².